The van der Waals surface area contributed by atoms with Crippen LogP contribution in [0.15, 0.2) is 6.07 Å². The predicted molar refractivity (Wildman–Crippen MR) is 77.2 cm³/mol. The molecule has 0 radical (unpaired) electrons. The van der Waals surface area contributed by atoms with Gasteiger partial charge in [-0.1, -0.05) is 11.3 Å². The minimum atomic E-state index is -4.63. The molecule has 0 amide bonds. The van der Waals surface area contributed by atoms with Gasteiger partial charge in [0.1, 0.15) is 15.8 Å². The molecule has 2 heterocycles. The molecular weight excluding hydrogens is 331 g/mol. The summed E-state index contributed by atoms with van der Waals surface area (Å²) in [7, 11) is 0. The fourth-order valence-corrected chi connectivity index (χ4v) is 2.43. The Hall–Kier alpha value is -1.97. The number of halogens is 3. The molecule has 6 nitrogen and oxygen atoms in total. The van der Waals surface area contributed by atoms with E-state index >= 15 is 0 Å². The van der Waals surface area contributed by atoms with E-state index in [1.165, 1.54) is 17.4 Å². The molecule has 1 aliphatic rings. The summed E-state index contributed by atoms with van der Waals surface area (Å²) < 4.78 is 44.0. The maximum absolute atomic E-state index is 12.9. The third-order valence-electron chi connectivity index (χ3n) is 3.11. The molecule has 0 saturated heterocycles. The predicted octanol–water partition coefficient (Wildman–Crippen LogP) is 3.06. The van der Waals surface area contributed by atoms with Crippen LogP contribution in [0, 0.1) is 12.8 Å². The van der Waals surface area contributed by atoms with Crippen LogP contribution in [-0.2, 0) is 12.7 Å². The van der Waals surface area contributed by atoms with Crippen molar-refractivity contribution in [3.05, 3.63) is 21.9 Å². The topological polar surface area (TPSA) is 72.8 Å². The lowest BCUT2D eigenvalue weighted by Crippen LogP contribution is -2.14. The first-order valence-corrected chi connectivity index (χ1v) is 7.84. The minimum absolute atomic E-state index is 0.0472. The van der Waals surface area contributed by atoms with E-state index in [-0.39, 0.29) is 18.2 Å². The number of hydrogen-bond donors (Lipinski definition) is 1. The van der Waals surface area contributed by atoms with Gasteiger partial charge in [0.05, 0.1) is 13.2 Å². The van der Waals surface area contributed by atoms with Crippen LogP contribution >= 0.6 is 11.3 Å². The Morgan fingerprint density at radius 3 is 2.70 bits per heavy atom. The molecule has 0 unspecified atom stereocenters. The van der Waals surface area contributed by atoms with Crippen LogP contribution in [0.25, 0.3) is 0 Å². The van der Waals surface area contributed by atoms with Crippen molar-refractivity contribution < 1.29 is 17.9 Å². The van der Waals surface area contributed by atoms with Crippen LogP contribution in [0.2, 0.25) is 0 Å². The number of aromatic nitrogens is 4. The fraction of sp³-hybridized carbons (Fsp3) is 0.538. The molecule has 0 aromatic carbocycles. The van der Waals surface area contributed by atoms with Gasteiger partial charge in [0.25, 0.3) is 0 Å². The van der Waals surface area contributed by atoms with Gasteiger partial charge in [-0.05, 0) is 25.7 Å². The normalized spacial score (nSPS) is 14.8. The minimum Gasteiger partial charge on any atom is -0.477 e. The van der Waals surface area contributed by atoms with Gasteiger partial charge in [0, 0.05) is 6.07 Å². The molecule has 0 aliphatic heterocycles. The lowest BCUT2D eigenvalue weighted by molar-refractivity contribution is -0.145. The molecule has 3 rings (SSSR count). The number of nitrogens with one attached hydrogen (secondary N) is 1. The Balaban J connectivity index is 1.74. The Kier molecular flexibility index (Phi) is 4.33. The van der Waals surface area contributed by atoms with Gasteiger partial charge in [-0.25, -0.2) is 4.98 Å². The number of alkyl halides is 3. The van der Waals surface area contributed by atoms with Gasteiger partial charge >= 0.3 is 6.18 Å². The van der Waals surface area contributed by atoms with E-state index in [4.69, 9.17) is 4.74 Å². The van der Waals surface area contributed by atoms with Crippen LogP contribution in [0.1, 0.15) is 28.7 Å². The van der Waals surface area contributed by atoms with E-state index in [9.17, 15) is 13.2 Å². The summed E-state index contributed by atoms with van der Waals surface area (Å²) in [5.41, 5.74) is 0. The van der Waals surface area contributed by atoms with Crippen molar-refractivity contribution in [2.45, 2.75) is 32.5 Å². The summed E-state index contributed by atoms with van der Waals surface area (Å²) >= 11 is 1.36. The van der Waals surface area contributed by atoms with Crippen molar-refractivity contribution >= 4 is 17.2 Å². The third-order valence-corrected chi connectivity index (χ3v) is 3.95. The van der Waals surface area contributed by atoms with Gasteiger partial charge in [-0.2, -0.15) is 18.2 Å². The average Bonchev–Trinajstić information content (AvgIpc) is 3.23. The molecule has 2 aromatic rings. The SMILES string of the molecule is Cc1nnc(CNc2cc(OCC3CC3)nc(C(F)(F)F)n2)s1. The zero-order valence-electron chi connectivity index (χ0n) is 12.2. The molecule has 1 fully saturated rings. The molecule has 1 N–H and O–H groups in total. The highest BCUT2D eigenvalue weighted by Crippen LogP contribution is 2.31. The number of ether oxygens (including phenoxy) is 1. The average molecular weight is 345 g/mol. The maximum atomic E-state index is 12.9. The molecule has 1 saturated carbocycles. The van der Waals surface area contributed by atoms with Gasteiger partial charge < -0.3 is 10.1 Å². The van der Waals surface area contributed by atoms with Gasteiger partial charge in [0.2, 0.25) is 11.7 Å². The molecule has 1 aliphatic carbocycles. The smallest absolute Gasteiger partial charge is 0.451 e. The number of rotatable bonds is 6. The molecular formula is C13H14F3N5OS. The van der Waals surface area contributed by atoms with Crippen molar-refractivity contribution in [3.8, 4) is 5.88 Å². The zero-order chi connectivity index (χ0) is 16.4. The quantitative estimate of drug-likeness (QED) is 0.867. The number of nitrogens with zero attached hydrogens (tertiary/aromatic N) is 4. The Labute approximate surface area is 134 Å². The summed E-state index contributed by atoms with van der Waals surface area (Å²) in [5, 5.41) is 12.0. The standard InChI is InChI=1S/C13H14F3N5OS/c1-7-20-21-11(23-7)5-17-9-4-10(22-6-8-2-3-8)19-12(18-9)13(14,15)16/h4,8H,2-3,5-6H2,1H3,(H,17,18,19). The van der Waals surface area contributed by atoms with Crippen LogP contribution in [0.3, 0.4) is 0 Å². The summed E-state index contributed by atoms with van der Waals surface area (Å²) in [4.78, 5) is 6.94. The molecule has 10 heteroatoms. The third kappa shape index (κ3) is 4.50. The fourth-order valence-electron chi connectivity index (χ4n) is 1.78. The zero-order valence-corrected chi connectivity index (χ0v) is 13.0. The monoisotopic (exact) mass is 345 g/mol. The molecule has 0 spiro atoms. The molecule has 0 bridgehead atoms. The second-order valence-electron chi connectivity index (χ2n) is 5.24. The maximum Gasteiger partial charge on any atom is 0.451 e. The van der Waals surface area contributed by atoms with Crippen molar-refractivity contribution in [1.29, 1.82) is 0 Å². The molecule has 0 atom stereocenters. The largest absolute Gasteiger partial charge is 0.477 e. The summed E-state index contributed by atoms with van der Waals surface area (Å²) in [6.45, 7) is 2.42. The highest BCUT2D eigenvalue weighted by Gasteiger charge is 2.36. The van der Waals surface area contributed by atoms with Gasteiger partial charge in [-0.3, -0.25) is 0 Å². The van der Waals surface area contributed by atoms with Crippen LogP contribution < -0.4 is 10.1 Å². The van der Waals surface area contributed by atoms with Crippen molar-refractivity contribution in [3.63, 3.8) is 0 Å². The number of anilines is 1. The summed E-state index contributed by atoms with van der Waals surface area (Å²) in [5.74, 6) is -0.831. The number of hydrogen-bond acceptors (Lipinski definition) is 7. The highest BCUT2D eigenvalue weighted by molar-refractivity contribution is 7.11. The van der Waals surface area contributed by atoms with Crippen molar-refractivity contribution in [2.75, 3.05) is 11.9 Å². The highest BCUT2D eigenvalue weighted by atomic mass is 32.1. The van der Waals surface area contributed by atoms with Crippen molar-refractivity contribution in [1.82, 2.24) is 20.2 Å². The Morgan fingerprint density at radius 2 is 2.09 bits per heavy atom. The summed E-state index contributed by atoms with van der Waals surface area (Å²) in [6, 6.07) is 1.37. The molecule has 2 aromatic heterocycles. The van der Waals surface area contributed by atoms with Gasteiger partial charge in [0.15, 0.2) is 0 Å². The Morgan fingerprint density at radius 1 is 1.30 bits per heavy atom. The Bertz CT molecular complexity index is 686. The van der Waals surface area contributed by atoms with E-state index in [0.717, 1.165) is 17.8 Å². The second kappa shape index (κ2) is 6.26. The first-order valence-electron chi connectivity index (χ1n) is 7.02. The lowest BCUT2D eigenvalue weighted by Gasteiger charge is -2.11. The molecule has 23 heavy (non-hydrogen) atoms. The first-order chi connectivity index (χ1) is 10.9. The van der Waals surface area contributed by atoms with Crippen LogP contribution in [-0.4, -0.2) is 26.8 Å². The number of aryl methyl sites for hydroxylation is 1. The van der Waals surface area contributed by atoms with E-state index in [2.05, 4.69) is 25.5 Å². The van der Waals surface area contributed by atoms with Crippen molar-refractivity contribution in [2.24, 2.45) is 5.92 Å². The van der Waals surface area contributed by atoms with E-state index in [1.807, 2.05) is 0 Å². The van der Waals surface area contributed by atoms with Crippen LogP contribution in [0.4, 0.5) is 19.0 Å². The van der Waals surface area contributed by atoms with E-state index in [0.29, 0.717) is 17.5 Å². The summed E-state index contributed by atoms with van der Waals surface area (Å²) in [6.07, 6.45) is -2.55. The van der Waals surface area contributed by atoms with Gasteiger partial charge in [-0.15, -0.1) is 10.2 Å². The lowest BCUT2D eigenvalue weighted by atomic mass is 10.4. The first kappa shape index (κ1) is 15.9. The van der Waals surface area contributed by atoms with E-state index < -0.39 is 12.0 Å². The second-order valence-corrected chi connectivity index (χ2v) is 6.50. The van der Waals surface area contributed by atoms with E-state index in [1.54, 1.807) is 6.92 Å². The molecule has 124 valence electrons. The van der Waals surface area contributed by atoms with Crippen LogP contribution in [0.5, 0.6) is 5.88 Å².